The summed E-state index contributed by atoms with van der Waals surface area (Å²) in [5.41, 5.74) is 5.15. The highest BCUT2D eigenvalue weighted by atomic mass is 79.9. The van der Waals surface area contributed by atoms with Gasteiger partial charge in [0.15, 0.2) is 0 Å². The van der Waals surface area contributed by atoms with Gasteiger partial charge in [0.1, 0.15) is 5.75 Å². The second-order valence-electron chi connectivity index (χ2n) is 4.94. The zero-order valence-electron chi connectivity index (χ0n) is 13.8. The lowest BCUT2D eigenvalue weighted by Crippen LogP contribution is -2.47. The summed E-state index contributed by atoms with van der Waals surface area (Å²) >= 11 is 4.52. The Bertz CT molecular complexity index is 796. The fraction of sp³-hybridized carbons (Fsp3) is 0.188. The minimum atomic E-state index is -0.542. The van der Waals surface area contributed by atoms with Gasteiger partial charge in [0.25, 0.3) is 17.7 Å². The Labute approximate surface area is 162 Å². The van der Waals surface area contributed by atoms with E-state index in [1.54, 1.807) is 30.3 Å². The predicted octanol–water partition coefficient (Wildman–Crippen LogP) is 1.51. The van der Waals surface area contributed by atoms with Crippen LogP contribution in [0.25, 0.3) is 0 Å². The Balaban J connectivity index is 1.68. The van der Waals surface area contributed by atoms with Crippen molar-refractivity contribution in [2.24, 2.45) is 0 Å². The van der Waals surface area contributed by atoms with Gasteiger partial charge in [0.05, 0.1) is 34.6 Å². The zero-order valence-corrected chi connectivity index (χ0v) is 16.2. The SMILES string of the molecule is COc1ccccc1NCC(=O)NNC(=O)CNC(=O)c1ccc(Br)s1. The number of carbonyl (C=O) groups excluding carboxylic acids is 3. The molecule has 1 aromatic heterocycles. The molecule has 0 atom stereocenters. The number of para-hydroxylation sites is 2. The molecule has 1 heterocycles. The molecule has 0 fully saturated rings. The molecule has 138 valence electrons. The van der Waals surface area contributed by atoms with E-state index in [2.05, 4.69) is 37.4 Å². The predicted molar refractivity (Wildman–Crippen MR) is 102 cm³/mol. The summed E-state index contributed by atoms with van der Waals surface area (Å²) in [6.07, 6.45) is 0. The van der Waals surface area contributed by atoms with Crippen LogP contribution in [0.15, 0.2) is 40.2 Å². The number of amides is 3. The molecule has 2 rings (SSSR count). The van der Waals surface area contributed by atoms with Crippen molar-refractivity contribution in [2.45, 2.75) is 0 Å². The van der Waals surface area contributed by atoms with Crippen LogP contribution in [0.1, 0.15) is 9.67 Å². The van der Waals surface area contributed by atoms with Crippen LogP contribution in [-0.4, -0.2) is 37.9 Å². The Hall–Kier alpha value is -2.59. The van der Waals surface area contributed by atoms with Gasteiger partial charge in [-0.15, -0.1) is 11.3 Å². The summed E-state index contributed by atoms with van der Waals surface area (Å²) in [6.45, 7) is -0.315. The van der Waals surface area contributed by atoms with Crippen LogP contribution in [0.4, 0.5) is 5.69 Å². The number of methoxy groups -OCH3 is 1. The summed E-state index contributed by atoms with van der Waals surface area (Å²) < 4.78 is 5.98. The van der Waals surface area contributed by atoms with Crippen molar-refractivity contribution >= 4 is 50.7 Å². The van der Waals surface area contributed by atoms with Gasteiger partial charge in [0, 0.05) is 0 Å². The van der Waals surface area contributed by atoms with Crippen LogP contribution in [0.5, 0.6) is 5.75 Å². The lowest BCUT2D eigenvalue weighted by Gasteiger charge is -2.11. The van der Waals surface area contributed by atoms with Crippen LogP contribution in [0.3, 0.4) is 0 Å². The van der Waals surface area contributed by atoms with Crippen LogP contribution >= 0.6 is 27.3 Å². The van der Waals surface area contributed by atoms with E-state index in [4.69, 9.17) is 4.74 Å². The quantitative estimate of drug-likeness (QED) is 0.488. The maximum atomic E-state index is 11.8. The van der Waals surface area contributed by atoms with E-state index in [1.807, 2.05) is 6.07 Å². The number of nitrogens with one attached hydrogen (secondary N) is 4. The molecular weight excluding hydrogens is 424 g/mol. The highest BCUT2D eigenvalue weighted by Gasteiger charge is 2.11. The monoisotopic (exact) mass is 440 g/mol. The van der Waals surface area contributed by atoms with Crippen molar-refractivity contribution in [2.75, 3.05) is 25.5 Å². The van der Waals surface area contributed by atoms with E-state index in [0.29, 0.717) is 16.3 Å². The van der Waals surface area contributed by atoms with Gasteiger partial charge in [-0.2, -0.15) is 0 Å². The van der Waals surface area contributed by atoms with Crippen molar-refractivity contribution in [1.82, 2.24) is 16.2 Å². The molecular formula is C16H17BrN4O4S. The maximum Gasteiger partial charge on any atom is 0.261 e. The third kappa shape index (κ3) is 6.05. The van der Waals surface area contributed by atoms with Gasteiger partial charge >= 0.3 is 0 Å². The van der Waals surface area contributed by atoms with Crippen LogP contribution in [0, 0.1) is 0 Å². The molecule has 10 heteroatoms. The van der Waals surface area contributed by atoms with Crippen molar-refractivity contribution in [3.8, 4) is 5.75 Å². The number of rotatable bonds is 7. The van der Waals surface area contributed by atoms with Crippen LogP contribution in [0.2, 0.25) is 0 Å². The molecule has 0 spiro atoms. The second-order valence-corrected chi connectivity index (χ2v) is 7.40. The minimum Gasteiger partial charge on any atom is -0.495 e. The Kier molecular flexibility index (Phi) is 7.42. The van der Waals surface area contributed by atoms with Gasteiger partial charge in [-0.1, -0.05) is 12.1 Å². The first kappa shape index (κ1) is 19.7. The van der Waals surface area contributed by atoms with E-state index < -0.39 is 11.8 Å². The molecule has 0 aliphatic heterocycles. The number of hydrogen-bond acceptors (Lipinski definition) is 6. The highest BCUT2D eigenvalue weighted by Crippen LogP contribution is 2.22. The lowest BCUT2D eigenvalue weighted by atomic mass is 10.3. The second kappa shape index (κ2) is 9.78. The molecule has 4 N–H and O–H groups in total. The number of benzene rings is 1. The Morgan fingerprint density at radius 3 is 2.38 bits per heavy atom. The number of carbonyl (C=O) groups is 3. The molecule has 8 nitrogen and oxygen atoms in total. The van der Waals surface area contributed by atoms with E-state index in [0.717, 1.165) is 3.79 Å². The first-order chi connectivity index (χ1) is 12.5. The third-order valence-corrected chi connectivity index (χ3v) is 4.72. The number of thiophene rings is 1. The molecule has 0 saturated carbocycles. The number of halogens is 1. The van der Waals surface area contributed by atoms with Gasteiger partial charge in [0.2, 0.25) is 0 Å². The fourth-order valence-electron chi connectivity index (χ4n) is 1.88. The van der Waals surface area contributed by atoms with E-state index in [1.165, 1.54) is 18.4 Å². The Morgan fingerprint density at radius 1 is 1.04 bits per heavy atom. The van der Waals surface area contributed by atoms with Gasteiger partial charge < -0.3 is 15.4 Å². The third-order valence-electron chi connectivity index (χ3n) is 3.09. The molecule has 26 heavy (non-hydrogen) atoms. The minimum absolute atomic E-state index is 0.0593. The average molecular weight is 441 g/mol. The van der Waals surface area contributed by atoms with Crippen molar-refractivity contribution in [1.29, 1.82) is 0 Å². The molecule has 0 saturated heterocycles. The van der Waals surface area contributed by atoms with Gasteiger partial charge in [-0.25, -0.2) is 0 Å². The largest absolute Gasteiger partial charge is 0.495 e. The maximum absolute atomic E-state index is 11.8. The van der Waals surface area contributed by atoms with E-state index in [-0.39, 0.29) is 19.0 Å². The number of hydrazine groups is 1. The number of hydrogen-bond donors (Lipinski definition) is 4. The first-order valence-electron chi connectivity index (χ1n) is 7.47. The smallest absolute Gasteiger partial charge is 0.261 e. The summed E-state index contributed by atoms with van der Waals surface area (Å²) in [5, 5.41) is 5.36. The molecule has 0 radical (unpaired) electrons. The van der Waals surface area contributed by atoms with E-state index in [9.17, 15) is 14.4 Å². The summed E-state index contributed by atoms with van der Waals surface area (Å²) in [7, 11) is 1.53. The fourth-order valence-corrected chi connectivity index (χ4v) is 3.18. The molecule has 3 amide bonds. The van der Waals surface area contributed by atoms with Crippen molar-refractivity contribution < 1.29 is 19.1 Å². The lowest BCUT2D eigenvalue weighted by molar-refractivity contribution is -0.127. The van der Waals surface area contributed by atoms with Gasteiger partial charge in [-0.05, 0) is 40.2 Å². The van der Waals surface area contributed by atoms with E-state index >= 15 is 0 Å². The number of ether oxygens (including phenoxy) is 1. The average Bonchev–Trinajstić information content (AvgIpc) is 3.09. The summed E-state index contributed by atoms with van der Waals surface area (Å²) in [5.74, 6) is -0.746. The molecule has 1 aromatic carbocycles. The Morgan fingerprint density at radius 2 is 1.73 bits per heavy atom. The molecule has 0 bridgehead atoms. The summed E-state index contributed by atoms with van der Waals surface area (Å²) in [6, 6.07) is 10.5. The van der Waals surface area contributed by atoms with Crippen LogP contribution in [-0.2, 0) is 9.59 Å². The van der Waals surface area contributed by atoms with Crippen molar-refractivity contribution in [3.63, 3.8) is 0 Å². The van der Waals surface area contributed by atoms with Gasteiger partial charge in [-0.3, -0.25) is 25.2 Å². The standard InChI is InChI=1S/C16H17BrN4O4S/c1-25-11-5-3-2-4-10(11)18-8-14(22)20-21-15(23)9-19-16(24)12-6-7-13(17)26-12/h2-7,18H,8-9H2,1H3,(H,19,24)(H,20,22)(H,21,23). The molecule has 0 unspecified atom stereocenters. The molecule has 0 aliphatic rings. The highest BCUT2D eigenvalue weighted by molar-refractivity contribution is 9.11. The molecule has 0 aliphatic carbocycles. The first-order valence-corrected chi connectivity index (χ1v) is 9.08. The van der Waals surface area contributed by atoms with Crippen LogP contribution < -0.4 is 26.2 Å². The zero-order chi connectivity index (χ0) is 18.9. The van der Waals surface area contributed by atoms with Crippen molar-refractivity contribution in [3.05, 3.63) is 45.1 Å². The molecule has 2 aromatic rings. The normalized spacial score (nSPS) is 9.92. The topological polar surface area (TPSA) is 109 Å². The number of anilines is 1. The summed E-state index contributed by atoms with van der Waals surface area (Å²) in [4.78, 5) is 35.7.